The number of hydrogen-bond donors (Lipinski definition) is 1. The minimum Gasteiger partial charge on any atom is -0.401 e. The molecule has 1 aliphatic rings. The van der Waals surface area contributed by atoms with Crippen molar-refractivity contribution in [3.63, 3.8) is 0 Å². The molecule has 8 nitrogen and oxygen atoms in total. The minimum atomic E-state index is -0.710. The van der Waals surface area contributed by atoms with Crippen molar-refractivity contribution in [2.75, 3.05) is 6.54 Å². The number of amides is 2. The van der Waals surface area contributed by atoms with Crippen LogP contribution in [-0.4, -0.2) is 33.3 Å². The minimum absolute atomic E-state index is 0.0325. The van der Waals surface area contributed by atoms with E-state index in [4.69, 9.17) is 16.6 Å². The highest BCUT2D eigenvalue weighted by Crippen LogP contribution is 2.20. The first-order valence-corrected chi connectivity index (χ1v) is 5.98. The summed E-state index contributed by atoms with van der Waals surface area (Å²) >= 11 is 4.87. The molecule has 1 aromatic rings. The van der Waals surface area contributed by atoms with Crippen molar-refractivity contribution in [2.24, 2.45) is 0 Å². The third kappa shape index (κ3) is 2.43. The van der Waals surface area contributed by atoms with Gasteiger partial charge in [0.25, 0.3) is 11.8 Å². The molecule has 1 saturated heterocycles. The maximum absolute atomic E-state index is 12.1. The van der Waals surface area contributed by atoms with Gasteiger partial charge in [0, 0.05) is 6.54 Å². The van der Waals surface area contributed by atoms with Crippen LogP contribution in [0.5, 0.6) is 0 Å². The number of nitro groups is 1. The van der Waals surface area contributed by atoms with Gasteiger partial charge in [-0.2, -0.15) is 0 Å². The Labute approximate surface area is 118 Å². The summed E-state index contributed by atoms with van der Waals surface area (Å²) in [6.07, 6.45) is 1.15. The molecule has 0 atom stereocenters. The van der Waals surface area contributed by atoms with E-state index in [0.29, 0.717) is 6.54 Å². The van der Waals surface area contributed by atoms with Gasteiger partial charge in [-0.15, -0.1) is 0 Å². The molecule has 0 bridgehead atoms. The van der Waals surface area contributed by atoms with Gasteiger partial charge in [-0.25, -0.2) is 0 Å². The van der Waals surface area contributed by atoms with Crippen LogP contribution < -0.4 is 5.32 Å². The van der Waals surface area contributed by atoms with Crippen LogP contribution in [0.15, 0.2) is 22.1 Å². The average Bonchev–Trinajstić information content (AvgIpc) is 2.83. The van der Waals surface area contributed by atoms with Crippen LogP contribution in [0.4, 0.5) is 5.88 Å². The lowest BCUT2D eigenvalue weighted by molar-refractivity contribution is -0.402. The lowest BCUT2D eigenvalue weighted by Crippen LogP contribution is -2.53. The topological polar surface area (TPSA) is 106 Å². The Bertz CT molecular complexity index is 648. The molecule has 20 heavy (non-hydrogen) atoms. The summed E-state index contributed by atoms with van der Waals surface area (Å²) in [5, 5.41) is 12.9. The average molecular weight is 295 g/mol. The fourth-order valence-corrected chi connectivity index (χ4v) is 1.95. The largest absolute Gasteiger partial charge is 0.433 e. The second kappa shape index (κ2) is 5.21. The summed E-state index contributed by atoms with van der Waals surface area (Å²) in [5.41, 5.74) is -0.190. The van der Waals surface area contributed by atoms with Crippen LogP contribution >= 0.6 is 12.2 Å². The van der Waals surface area contributed by atoms with Crippen LogP contribution in [0, 0.1) is 10.1 Å². The Morgan fingerprint density at radius 1 is 1.50 bits per heavy atom. The van der Waals surface area contributed by atoms with Crippen LogP contribution in [0.2, 0.25) is 0 Å². The van der Waals surface area contributed by atoms with Gasteiger partial charge >= 0.3 is 5.88 Å². The molecule has 0 radical (unpaired) electrons. The van der Waals surface area contributed by atoms with E-state index in [9.17, 15) is 19.7 Å². The normalized spacial score (nSPS) is 17.6. The number of nitrogens with one attached hydrogen (secondary N) is 1. The molecular formula is C11H9N3O5S. The molecule has 1 N–H and O–H groups in total. The summed E-state index contributed by atoms with van der Waals surface area (Å²) in [7, 11) is 0. The number of carbonyl (C=O) groups excluding carboxylic acids is 2. The Morgan fingerprint density at radius 2 is 2.20 bits per heavy atom. The first-order chi connectivity index (χ1) is 9.43. The van der Waals surface area contributed by atoms with Gasteiger partial charge in [0.15, 0.2) is 5.11 Å². The van der Waals surface area contributed by atoms with Gasteiger partial charge in [0.05, 0.1) is 6.07 Å². The van der Waals surface area contributed by atoms with E-state index in [-0.39, 0.29) is 16.4 Å². The Balaban J connectivity index is 2.36. The van der Waals surface area contributed by atoms with Gasteiger partial charge in [-0.05, 0) is 31.3 Å². The van der Waals surface area contributed by atoms with Crippen LogP contribution in [0.25, 0.3) is 6.08 Å². The fraction of sp³-hybridized carbons (Fsp3) is 0.182. The van der Waals surface area contributed by atoms with Crippen molar-refractivity contribution in [3.05, 3.63) is 33.6 Å². The molecule has 0 aromatic carbocycles. The van der Waals surface area contributed by atoms with Crippen molar-refractivity contribution >= 4 is 41.1 Å². The predicted octanol–water partition coefficient (Wildman–Crippen LogP) is 0.834. The molecule has 1 aromatic heterocycles. The molecule has 2 rings (SSSR count). The molecule has 1 fully saturated rings. The van der Waals surface area contributed by atoms with Gasteiger partial charge < -0.3 is 4.42 Å². The van der Waals surface area contributed by atoms with Crippen molar-refractivity contribution in [1.82, 2.24) is 10.2 Å². The number of furan rings is 1. The first kappa shape index (κ1) is 13.9. The molecule has 104 valence electrons. The number of rotatable bonds is 3. The zero-order valence-corrected chi connectivity index (χ0v) is 11.1. The number of likely N-dealkylation sites (N-methyl/N-ethyl adjacent to an activating group) is 1. The van der Waals surface area contributed by atoms with E-state index in [2.05, 4.69) is 5.32 Å². The Hall–Kier alpha value is -2.55. The Kier molecular flexibility index (Phi) is 3.61. The van der Waals surface area contributed by atoms with Gasteiger partial charge in [0.2, 0.25) is 0 Å². The van der Waals surface area contributed by atoms with E-state index >= 15 is 0 Å². The SMILES string of the molecule is CCN1C(=O)C(=Cc2ccc([N+](=O)[O-])o2)C(=O)NC1=S. The zero-order valence-electron chi connectivity index (χ0n) is 10.3. The van der Waals surface area contributed by atoms with Gasteiger partial charge in [-0.3, -0.25) is 29.9 Å². The number of carbonyl (C=O) groups is 2. The molecule has 0 aliphatic carbocycles. The highest BCUT2D eigenvalue weighted by molar-refractivity contribution is 7.80. The van der Waals surface area contributed by atoms with Crippen LogP contribution in [0.1, 0.15) is 12.7 Å². The summed E-state index contributed by atoms with van der Waals surface area (Å²) < 4.78 is 4.88. The lowest BCUT2D eigenvalue weighted by atomic mass is 10.1. The van der Waals surface area contributed by atoms with Crippen LogP contribution in [-0.2, 0) is 9.59 Å². The third-order valence-corrected chi connectivity index (χ3v) is 2.90. The third-order valence-electron chi connectivity index (χ3n) is 2.58. The monoisotopic (exact) mass is 295 g/mol. The molecule has 2 heterocycles. The van der Waals surface area contributed by atoms with Crippen LogP contribution in [0.3, 0.4) is 0 Å². The molecule has 2 amide bonds. The smallest absolute Gasteiger partial charge is 0.401 e. The highest BCUT2D eigenvalue weighted by atomic mass is 32.1. The van der Waals surface area contributed by atoms with E-state index in [1.54, 1.807) is 6.92 Å². The molecule has 9 heteroatoms. The molecule has 0 saturated carbocycles. The number of hydrogen-bond acceptors (Lipinski definition) is 6. The summed E-state index contributed by atoms with van der Waals surface area (Å²) in [5.74, 6) is -1.66. The van der Waals surface area contributed by atoms with Gasteiger partial charge in [-0.1, -0.05) is 0 Å². The van der Waals surface area contributed by atoms with E-state index in [0.717, 1.165) is 12.1 Å². The van der Waals surface area contributed by atoms with E-state index in [1.165, 1.54) is 11.0 Å². The quantitative estimate of drug-likeness (QED) is 0.291. The first-order valence-electron chi connectivity index (χ1n) is 5.57. The lowest BCUT2D eigenvalue weighted by Gasteiger charge is -2.27. The maximum atomic E-state index is 12.1. The van der Waals surface area contributed by atoms with Gasteiger partial charge in [0.1, 0.15) is 16.3 Å². The zero-order chi connectivity index (χ0) is 14.9. The van der Waals surface area contributed by atoms with Crippen molar-refractivity contribution in [1.29, 1.82) is 0 Å². The number of nitrogens with zero attached hydrogens (tertiary/aromatic N) is 2. The molecule has 0 spiro atoms. The molecule has 1 aliphatic heterocycles. The summed E-state index contributed by atoms with van der Waals surface area (Å²) in [6.45, 7) is 2.00. The Morgan fingerprint density at radius 3 is 2.75 bits per heavy atom. The second-order valence-electron chi connectivity index (χ2n) is 3.80. The van der Waals surface area contributed by atoms with E-state index in [1.807, 2.05) is 0 Å². The standard InChI is InChI=1S/C11H9N3O5S/c1-2-13-10(16)7(9(15)12-11(13)20)5-6-3-4-8(19-6)14(17)18/h3-5H,2H2,1H3,(H,12,15,20). The fourth-order valence-electron chi connectivity index (χ4n) is 1.64. The second-order valence-corrected chi connectivity index (χ2v) is 4.19. The van der Waals surface area contributed by atoms with Crippen molar-refractivity contribution in [3.8, 4) is 0 Å². The summed E-state index contributed by atoms with van der Waals surface area (Å²) in [4.78, 5) is 34.8. The molecular weight excluding hydrogens is 286 g/mol. The predicted molar refractivity (Wildman–Crippen MR) is 71.5 cm³/mol. The molecule has 0 unspecified atom stereocenters. The highest BCUT2D eigenvalue weighted by Gasteiger charge is 2.32. The van der Waals surface area contributed by atoms with Crippen molar-refractivity contribution < 1.29 is 18.9 Å². The van der Waals surface area contributed by atoms with Crippen molar-refractivity contribution in [2.45, 2.75) is 6.92 Å². The van der Waals surface area contributed by atoms with E-state index < -0.39 is 22.6 Å². The maximum Gasteiger partial charge on any atom is 0.433 e. The number of thiocarbonyl (C=S) groups is 1. The summed E-state index contributed by atoms with van der Waals surface area (Å²) in [6, 6.07) is 2.44.